The second-order valence-electron chi connectivity index (χ2n) is 6.34. The van der Waals surface area contributed by atoms with Crippen LogP contribution in [-0.4, -0.2) is 12.3 Å². The Balaban J connectivity index is 1.81. The summed E-state index contributed by atoms with van der Waals surface area (Å²) in [6, 6.07) is 9.73. The molecule has 3 aromatic rings. The van der Waals surface area contributed by atoms with Crippen LogP contribution in [0.1, 0.15) is 22.3 Å². The van der Waals surface area contributed by atoms with Crippen molar-refractivity contribution in [1.29, 1.82) is 0 Å². The number of hydrogen-bond acceptors (Lipinski definition) is 3. The number of carbonyl (C=O) groups is 1. The summed E-state index contributed by atoms with van der Waals surface area (Å²) >= 11 is 0. The van der Waals surface area contributed by atoms with E-state index < -0.39 is 29.7 Å². The zero-order valence-electron chi connectivity index (χ0n) is 15.4. The maximum absolute atomic E-state index is 14.2. The predicted molar refractivity (Wildman–Crippen MR) is 100 cm³/mol. The van der Waals surface area contributed by atoms with Crippen LogP contribution in [0.25, 0.3) is 10.8 Å². The van der Waals surface area contributed by atoms with Gasteiger partial charge < -0.3 is 9.47 Å². The van der Waals surface area contributed by atoms with E-state index in [2.05, 4.69) is 11.3 Å². The number of rotatable bonds is 6. The molecule has 0 aliphatic rings. The third-order valence-electron chi connectivity index (χ3n) is 4.22. The van der Waals surface area contributed by atoms with Crippen LogP contribution in [0, 0.1) is 11.6 Å². The number of hydrogen-bond donors (Lipinski definition) is 0. The summed E-state index contributed by atoms with van der Waals surface area (Å²) < 4.78 is 74.2. The molecule has 0 atom stereocenters. The average molecular weight is 422 g/mol. The second kappa shape index (κ2) is 8.52. The fraction of sp³-hybridized carbons (Fsp3) is 0.136. The topological polar surface area (TPSA) is 35.5 Å². The monoisotopic (exact) mass is 422 g/mol. The highest BCUT2D eigenvalue weighted by molar-refractivity contribution is 5.92. The number of esters is 1. The molecule has 3 rings (SSSR count). The van der Waals surface area contributed by atoms with Gasteiger partial charge in [0.2, 0.25) is 0 Å². The van der Waals surface area contributed by atoms with Crippen molar-refractivity contribution in [3.05, 3.63) is 83.9 Å². The molecular formula is C22H15F5O3. The maximum atomic E-state index is 14.2. The third-order valence-corrected chi connectivity index (χ3v) is 4.22. The largest absolute Gasteiger partial charge is 0.573 e. The van der Waals surface area contributed by atoms with Crippen molar-refractivity contribution in [2.24, 2.45) is 0 Å². The maximum Gasteiger partial charge on any atom is 0.573 e. The molecule has 30 heavy (non-hydrogen) atoms. The van der Waals surface area contributed by atoms with Crippen molar-refractivity contribution in [1.82, 2.24) is 0 Å². The fourth-order valence-corrected chi connectivity index (χ4v) is 2.83. The molecule has 8 heteroatoms. The molecule has 0 aliphatic carbocycles. The summed E-state index contributed by atoms with van der Waals surface area (Å²) in [5.74, 6) is -3.91. The highest BCUT2D eigenvalue weighted by Gasteiger charge is 2.32. The number of halogens is 5. The molecule has 0 saturated heterocycles. The van der Waals surface area contributed by atoms with E-state index in [0.29, 0.717) is 18.4 Å². The Morgan fingerprint density at radius 1 is 1.03 bits per heavy atom. The first-order valence-electron chi connectivity index (χ1n) is 8.77. The van der Waals surface area contributed by atoms with Crippen molar-refractivity contribution in [2.45, 2.75) is 19.2 Å². The van der Waals surface area contributed by atoms with Crippen molar-refractivity contribution in [3.63, 3.8) is 0 Å². The van der Waals surface area contributed by atoms with Crippen molar-refractivity contribution < 1.29 is 36.2 Å². The fourth-order valence-electron chi connectivity index (χ4n) is 2.83. The first-order valence-corrected chi connectivity index (χ1v) is 8.77. The molecule has 0 N–H and O–H groups in total. The summed E-state index contributed by atoms with van der Waals surface area (Å²) in [6.07, 6.45) is -2.10. The Morgan fingerprint density at radius 3 is 2.47 bits per heavy atom. The highest BCUT2D eigenvalue weighted by atomic mass is 19.4. The van der Waals surface area contributed by atoms with Gasteiger partial charge in [-0.05, 0) is 60.2 Å². The summed E-state index contributed by atoms with van der Waals surface area (Å²) in [6.45, 7) is 3.59. The number of allylic oxidation sites excluding steroid dienone is 1. The molecule has 0 spiro atoms. The van der Waals surface area contributed by atoms with E-state index in [4.69, 9.17) is 4.74 Å². The Kier molecular flexibility index (Phi) is 6.05. The van der Waals surface area contributed by atoms with Crippen LogP contribution in [0.4, 0.5) is 22.0 Å². The third kappa shape index (κ3) is 4.94. The quantitative estimate of drug-likeness (QED) is 0.201. The molecule has 0 aliphatic heterocycles. The SMILES string of the molecule is C=CCCc1ccc(C(=O)Oc2ccc3c(F)c(OC(F)(F)F)ccc3c2)c(F)c1. The van der Waals surface area contributed by atoms with Gasteiger partial charge in [0.05, 0.1) is 5.56 Å². The molecular weight excluding hydrogens is 407 g/mol. The number of carbonyl (C=O) groups excluding carboxylic acids is 1. The van der Waals surface area contributed by atoms with E-state index in [1.807, 2.05) is 0 Å². The molecule has 0 unspecified atom stereocenters. The Hall–Kier alpha value is -3.42. The lowest BCUT2D eigenvalue weighted by Gasteiger charge is -2.12. The Bertz CT molecular complexity index is 1110. The van der Waals surface area contributed by atoms with Crippen molar-refractivity contribution in [3.8, 4) is 11.5 Å². The van der Waals surface area contributed by atoms with Gasteiger partial charge in [0.25, 0.3) is 0 Å². The van der Waals surface area contributed by atoms with E-state index in [1.165, 1.54) is 30.3 Å². The minimum Gasteiger partial charge on any atom is -0.423 e. The standard InChI is InChI=1S/C22H15F5O3/c1-2-3-4-13-5-8-17(18(23)11-13)21(28)29-15-7-9-16-14(12-15)6-10-19(20(16)24)30-22(25,26)27/h2,5-12H,1,3-4H2. The summed E-state index contributed by atoms with van der Waals surface area (Å²) in [5, 5.41) is 0.0156. The van der Waals surface area contributed by atoms with Crippen molar-refractivity contribution >= 4 is 16.7 Å². The Morgan fingerprint density at radius 2 is 1.80 bits per heavy atom. The zero-order valence-corrected chi connectivity index (χ0v) is 15.4. The van der Waals surface area contributed by atoms with Crippen LogP contribution in [-0.2, 0) is 6.42 Å². The number of aryl methyl sites for hydroxylation is 1. The molecule has 0 heterocycles. The van der Waals surface area contributed by atoms with E-state index in [1.54, 1.807) is 12.1 Å². The lowest BCUT2D eigenvalue weighted by molar-refractivity contribution is -0.275. The first-order chi connectivity index (χ1) is 14.2. The van der Waals surface area contributed by atoms with E-state index in [0.717, 1.165) is 12.1 Å². The minimum absolute atomic E-state index is 0.0217. The molecule has 3 aromatic carbocycles. The first kappa shape index (κ1) is 21.3. The molecule has 0 radical (unpaired) electrons. The van der Waals surface area contributed by atoms with Gasteiger partial charge in [0, 0.05) is 5.39 Å². The molecule has 156 valence electrons. The molecule has 3 nitrogen and oxygen atoms in total. The predicted octanol–water partition coefficient (Wildman–Crippen LogP) is 6.35. The van der Waals surface area contributed by atoms with Crippen LogP contribution >= 0.6 is 0 Å². The van der Waals surface area contributed by atoms with E-state index in [9.17, 15) is 26.7 Å². The molecule has 0 fully saturated rings. The van der Waals surface area contributed by atoms with Gasteiger partial charge in [-0.25, -0.2) is 13.6 Å². The summed E-state index contributed by atoms with van der Waals surface area (Å²) in [7, 11) is 0. The van der Waals surface area contributed by atoms with Crippen LogP contribution in [0.3, 0.4) is 0 Å². The van der Waals surface area contributed by atoms with Gasteiger partial charge in [-0.2, -0.15) is 0 Å². The van der Waals surface area contributed by atoms with Crippen LogP contribution in [0.5, 0.6) is 11.5 Å². The highest BCUT2D eigenvalue weighted by Crippen LogP contribution is 2.32. The van der Waals surface area contributed by atoms with Crippen LogP contribution in [0.2, 0.25) is 0 Å². The molecule has 0 bridgehead atoms. The lowest BCUT2D eigenvalue weighted by Crippen LogP contribution is -2.18. The second-order valence-corrected chi connectivity index (χ2v) is 6.34. The van der Waals surface area contributed by atoms with Gasteiger partial charge in [-0.3, -0.25) is 0 Å². The summed E-state index contributed by atoms with van der Waals surface area (Å²) in [5.41, 5.74) is 0.416. The smallest absolute Gasteiger partial charge is 0.423 e. The van der Waals surface area contributed by atoms with Crippen LogP contribution in [0.15, 0.2) is 61.2 Å². The molecule has 0 saturated carbocycles. The number of alkyl halides is 3. The molecule has 0 aromatic heterocycles. The van der Waals surface area contributed by atoms with Gasteiger partial charge in [0.1, 0.15) is 11.6 Å². The van der Waals surface area contributed by atoms with Gasteiger partial charge in [-0.15, -0.1) is 19.8 Å². The zero-order chi connectivity index (χ0) is 21.9. The number of fused-ring (bicyclic) bond motifs is 1. The van der Waals surface area contributed by atoms with Crippen molar-refractivity contribution in [2.75, 3.05) is 0 Å². The minimum atomic E-state index is -5.03. The average Bonchev–Trinajstić information content (AvgIpc) is 2.67. The normalized spacial score (nSPS) is 11.4. The van der Waals surface area contributed by atoms with E-state index in [-0.39, 0.29) is 22.1 Å². The van der Waals surface area contributed by atoms with Crippen LogP contribution < -0.4 is 9.47 Å². The number of ether oxygens (including phenoxy) is 2. The lowest BCUT2D eigenvalue weighted by atomic mass is 10.1. The van der Waals surface area contributed by atoms with E-state index >= 15 is 0 Å². The molecule has 0 amide bonds. The Labute approximate surface area is 168 Å². The van der Waals surface area contributed by atoms with Gasteiger partial charge >= 0.3 is 12.3 Å². The van der Waals surface area contributed by atoms with Gasteiger partial charge in [-0.1, -0.05) is 18.2 Å². The van der Waals surface area contributed by atoms with Gasteiger partial charge in [0.15, 0.2) is 11.6 Å². The summed E-state index contributed by atoms with van der Waals surface area (Å²) in [4.78, 5) is 12.3. The number of benzene rings is 3.